The largest absolute Gasteiger partial charge is 0.542 e. The first-order valence-electron chi connectivity index (χ1n) is 10.2. The van der Waals surface area contributed by atoms with Crippen molar-refractivity contribution in [2.45, 2.75) is 24.8 Å². The van der Waals surface area contributed by atoms with Crippen LogP contribution in [0.2, 0.25) is 0 Å². The standard InChI is InChI=1S/C25H23NO5S/c1-18-22-16-21(12-13-23(22)31-24(18)25(27)28)32(29,30)26(17-20-10-6-3-7-11-20)15-14-19-8-4-2-5-9-19/h2-13,16H,14-15,17H2,1H3,(H,27,28)/p-1. The number of benzene rings is 3. The maximum absolute atomic E-state index is 13.6. The van der Waals surface area contributed by atoms with Gasteiger partial charge in [0.2, 0.25) is 10.0 Å². The van der Waals surface area contributed by atoms with Crippen molar-refractivity contribution in [3.8, 4) is 0 Å². The highest BCUT2D eigenvalue weighted by Crippen LogP contribution is 2.29. The van der Waals surface area contributed by atoms with E-state index in [4.69, 9.17) is 4.42 Å². The third-order valence-corrected chi connectivity index (χ3v) is 7.27. The average Bonchev–Trinajstić information content (AvgIpc) is 3.14. The van der Waals surface area contributed by atoms with Crippen LogP contribution in [0.3, 0.4) is 0 Å². The number of carbonyl (C=O) groups is 1. The number of hydrogen-bond donors (Lipinski definition) is 0. The van der Waals surface area contributed by atoms with Crippen LogP contribution in [0.5, 0.6) is 0 Å². The molecule has 4 aromatic rings. The molecule has 0 aliphatic rings. The summed E-state index contributed by atoms with van der Waals surface area (Å²) >= 11 is 0. The van der Waals surface area contributed by atoms with E-state index in [1.807, 2.05) is 60.7 Å². The second kappa shape index (κ2) is 8.98. The Morgan fingerprint density at radius 3 is 2.19 bits per heavy atom. The van der Waals surface area contributed by atoms with Gasteiger partial charge in [-0.25, -0.2) is 8.42 Å². The number of hydrogen-bond acceptors (Lipinski definition) is 5. The Kier molecular flexibility index (Phi) is 6.12. The fourth-order valence-electron chi connectivity index (χ4n) is 3.67. The van der Waals surface area contributed by atoms with Gasteiger partial charge in [-0.05, 0) is 42.7 Å². The molecule has 6 nitrogen and oxygen atoms in total. The van der Waals surface area contributed by atoms with Crippen LogP contribution in [-0.4, -0.2) is 25.2 Å². The van der Waals surface area contributed by atoms with Crippen LogP contribution in [0.25, 0.3) is 11.0 Å². The summed E-state index contributed by atoms with van der Waals surface area (Å²) in [6.45, 7) is 2.10. The summed E-state index contributed by atoms with van der Waals surface area (Å²) in [5.74, 6) is -1.73. The lowest BCUT2D eigenvalue weighted by Crippen LogP contribution is -2.32. The highest BCUT2D eigenvalue weighted by atomic mass is 32.2. The van der Waals surface area contributed by atoms with Gasteiger partial charge in [0.1, 0.15) is 11.6 Å². The summed E-state index contributed by atoms with van der Waals surface area (Å²) < 4.78 is 34.0. The van der Waals surface area contributed by atoms with E-state index < -0.39 is 16.0 Å². The summed E-state index contributed by atoms with van der Waals surface area (Å²) in [6.07, 6.45) is 0.564. The maximum atomic E-state index is 13.6. The van der Waals surface area contributed by atoms with Gasteiger partial charge < -0.3 is 14.3 Å². The third-order valence-electron chi connectivity index (χ3n) is 5.43. The molecule has 7 heteroatoms. The van der Waals surface area contributed by atoms with Crippen LogP contribution < -0.4 is 5.11 Å². The molecule has 0 N–H and O–H groups in total. The van der Waals surface area contributed by atoms with E-state index in [0.29, 0.717) is 29.5 Å². The summed E-state index contributed by atoms with van der Waals surface area (Å²) in [5.41, 5.74) is 2.57. The molecule has 0 atom stereocenters. The molecule has 0 fully saturated rings. The summed E-state index contributed by atoms with van der Waals surface area (Å²) in [5, 5.41) is 11.7. The Morgan fingerprint density at radius 2 is 1.56 bits per heavy atom. The Morgan fingerprint density at radius 1 is 0.938 bits per heavy atom. The van der Waals surface area contributed by atoms with Crippen molar-refractivity contribution in [2.24, 2.45) is 0 Å². The van der Waals surface area contributed by atoms with Crippen molar-refractivity contribution in [1.82, 2.24) is 4.31 Å². The number of carboxylic acid groups (broad SMARTS) is 1. The zero-order chi connectivity index (χ0) is 22.7. The number of rotatable bonds is 8. The summed E-state index contributed by atoms with van der Waals surface area (Å²) in [4.78, 5) is 11.4. The van der Waals surface area contributed by atoms with E-state index in [-0.39, 0.29) is 17.2 Å². The molecule has 164 valence electrons. The monoisotopic (exact) mass is 448 g/mol. The molecule has 0 radical (unpaired) electrons. The lowest BCUT2D eigenvalue weighted by molar-refractivity contribution is -0.257. The smallest absolute Gasteiger partial charge is 0.243 e. The van der Waals surface area contributed by atoms with Crippen molar-refractivity contribution in [1.29, 1.82) is 0 Å². The molecule has 0 aliphatic carbocycles. The highest BCUT2D eigenvalue weighted by molar-refractivity contribution is 7.89. The minimum Gasteiger partial charge on any atom is -0.542 e. The first-order chi connectivity index (χ1) is 15.4. The van der Waals surface area contributed by atoms with Crippen LogP contribution in [0, 0.1) is 6.92 Å². The number of fused-ring (bicyclic) bond motifs is 1. The second-order valence-electron chi connectivity index (χ2n) is 7.56. The zero-order valence-electron chi connectivity index (χ0n) is 17.5. The number of aryl methyl sites for hydroxylation is 1. The maximum Gasteiger partial charge on any atom is 0.243 e. The van der Waals surface area contributed by atoms with E-state index in [9.17, 15) is 18.3 Å². The van der Waals surface area contributed by atoms with E-state index >= 15 is 0 Å². The Bertz CT molecular complexity index is 1350. The number of sulfonamides is 1. The second-order valence-corrected chi connectivity index (χ2v) is 9.50. The lowest BCUT2D eigenvalue weighted by Gasteiger charge is -2.22. The molecule has 0 saturated heterocycles. The Balaban J connectivity index is 1.71. The Labute approximate surface area is 186 Å². The first kappa shape index (κ1) is 21.8. The van der Waals surface area contributed by atoms with Gasteiger partial charge in [0.05, 0.1) is 4.90 Å². The minimum atomic E-state index is -3.86. The molecular formula is C25H22NO5S-. The number of aromatic carboxylic acids is 1. The molecule has 32 heavy (non-hydrogen) atoms. The molecule has 3 aromatic carbocycles. The molecule has 0 saturated carbocycles. The Hall–Kier alpha value is -3.42. The van der Waals surface area contributed by atoms with E-state index in [0.717, 1.165) is 11.1 Å². The predicted molar refractivity (Wildman–Crippen MR) is 119 cm³/mol. The van der Waals surface area contributed by atoms with Crippen LogP contribution >= 0.6 is 0 Å². The number of carboxylic acids is 1. The van der Waals surface area contributed by atoms with Gasteiger partial charge in [0.25, 0.3) is 0 Å². The third kappa shape index (κ3) is 4.44. The van der Waals surface area contributed by atoms with Gasteiger partial charge in [-0.15, -0.1) is 0 Å². The molecule has 0 bridgehead atoms. The van der Waals surface area contributed by atoms with Gasteiger partial charge in [-0.3, -0.25) is 0 Å². The number of furan rings is 1. The van der Waals surface area contributed by atoms with Crippen LogP contribution in [-0.2, 0) is 23.0 Å². The summed E-state index contributed by atoms with van der Waals surface area (Å²) in [7, 11) is -3.86. The normalized spacial score (nSPS) is 11.8. The fourth-order valence-corrected chi connectivity index (χ4v) is 5.13. The first-order valence-corrected chi connectivity index (χ1v) is 11.6. The van der Waals surface area contributed by atoms with Gasteiger partial charge in [-0.2, -0.15) is 4.31 Å². The molecular weight excluding hydrogens is 426 g/mol. The van der Waals surface area contributed by atoms with E-state index in [2.05, 4.69) is 0 Å². The van der Waals surface area contributed by atoms with Gasteiger partial charge in [0, 0.05) is 24.0 Å². The van der Waals surface area contributed by atoms with Crippen LogP contribution in [0.1, 0.15) is 27.2 Å². The van der Waals surface area contributed by atoms with Gasteiger partial charge in [-0.1, -0.05) is 60.7 Å². The van der Waals surface area contributed by atoms with Crippen LogP contribution in [0.4, 0.5) is 0 Å². The predicted octanol–water partition coefficient (Wildman–Crippen LogP) is 3.54. The molecule has 1 aromatic heterocycles. The zero-order valence-corrected chi connectivity index (χ0v) is 18.3. The van der Waals surface area contributed by atoms with Crippen LogP contribution in [0.15, 0.2) is 88.2 Å². The molecule has 0 spiro atoms. The SMILES string of the molecule is Cc1c(C(=O)[O-])oc2ccc(S(=O)(=O)N(CCc3ccccc3)Cc3ccccc3)cc12. The number of carbonyl (C=O) groups excluding carboxylic acids is 1. The molecule has 0 amide bonds. The fraction of sp³-hybridized carbons (Fsp3) is 0.160. The van der Waals surface area contributed by atoms with Crippen molar-refractivity contribution in [3.63, 3.8) is 0 Å². The van der Waals surface area contributed by atoms with Crippen molar-refractivity contribution in [2.75, 3.05) is 6.54 Å². The molecule has 0 aliphatic heterocycles. The van der Waals surface area contributed by atoms with Crippen molar-refractivity contribution in [3.05, 3.63) is 101 Å². The van der Waals surface area contributed by atoms with Gasteiger partial charge >= 0.3 is 0 Å². The quantitative estimate of drug-likeness (QED) is 0.411. The lowest BCUT2D eigenvalue weighted by atomic mass is 10.1. The number of nitrogens with zero attached hydrogens (tertiary/aromatic N) is 1. The highest BCUT2D eigenvalue weighted by Gasteiger charge is 2.26. The van der Waals surface area contributed by atoms with Crippen molar-refractivity contribution >= 4 is 27.0 Å². The average molecular weight is 449 g/mol. The molecule has 1 heterocycles. The topological polar surface area (TPSA) is 90.6 Å². The summed E-state index contributed by atoms with van der Waals surface area (Å²) in [6, 6.07) is 23.5. The molecule has 4 rings (SSSR count). The molecule has 0 unspecified atom stereocenters. The van der Waals surface area contributed by atoms with Gasteiger partial charge in [0.15, 0.2) is 5.76 Å². The van der Waals surface area contributed by atoms with E-state index in [1.54, 1.807) is 6.92 Å². The van der Waals surface area contributed by atoms with E-state index in [1.165, 1.54) is 22.5 Å². The van der Waals surface area contributed by atoms with Crippen molar-refractivity contribution < 1.29 is 22.7 Å². The minimum absolute atomic E-state index is 0.0859.